The fraction of sp³-hybridized carbons (Fsp3) is 0.522. The summed E-state index contributed by atoms with van der Waals surface area (Å²) >= 11 is 1.34. The van der Waals surface area contributed by atoms with Gasteiger partial charge in [0.1, 0.15) is 5.00 Å². The molecule has 0 bridgehead atoms. The van der Waals surface area contributed by atoms with Gasteiger partial charge in [-0.2, -0.15) is 0 Å². The van der Waals surface area contributed by atoms with E-state index in [0.717, 1.165) is 22.7 Å². The average molecular weight is 449 g/mol. The highest BCUT2D eigenvalue weighted by molar-refractivity contribution is 7.16. The van der Waals surface area contributed by atoms with Gasteiger partial charge in [-0.05, 0) is 45.4 Å². The zero-order chi connectivity index (χ0) is 23.0. The van der Waals surface area contributed by atoms with E-state index in [1.54, 1.807) is 7.11 Å². The number of ether oxygens (including phenoxy) is 2. The molecule has 1 aliphatic heterocycles. The summed E-state index contributed by atoms with van der Waals surface area (Å²) in [6, 6.07) is 7.51. The van der Waals surface area contributed by atoms with E-state index in [1.807, 2.05) is 59.0 Å². The Labute approximate surface area is 187 Å². The van der Waals surface area contributed by atoms with Crippen molar-refractivity contribution in [2.24, 2.45) is 0 Å². The van der Waals surface area contributed by atoms with E-state index < -0.39 is 23.4 Å². The first-order valence-corrected chi connectivity index (χ1v) is 11.1. The van der Waals surface area contributed by atoms with Crippen LogP contribution in [0, 0.1) is 0 Å². The van der Waals surface area contributed by atoms with Crippen molar-refractivity contribution in [3.05, 3.63) is 45.8 Å². The van der Waals surface area contributed by atoms with Crippen LogP contribution in [0.2, 0.25) is 0 Å². The molecule has 0 fully saturated rings. The molecule has 31 heavy (non-hydrogen) atoms. The number of carboxylic acid groups (broad SMARTS) is 1. The standard InChI is InChI=1S/C23H32N2O5S/c1-22(2)13-16-17(21(27)28)20(31-18(16)23(3,4)30-22)24-19(26)14-7-9-15(10-8-14)25(5)11-12-29-6/h7-10,19,24,26H,11-13H2,1-6H3,(H,27,28). The molecule has 0 aliphatic carbocycles. The predicted octanol–water partition coefficient (Wildman–Crippen LogP) is 4.22. The average Bonchev–Trinajstić information content (AvgIpc) is 3.03. The third kappa shape index (κ3) is 5.03. The van der Waals surface area contributed by atoms with E-state index in [-0.39, 0.29) is 5.56 Å². The molecule has 3 rings (SSSR count). The minimum Gasteiger partial charge on any atom is -0.478 e. The van der Waals surface area contributed by atoms with E-state index in [1.165, 1.54) is 11.3 Å². The molecule has 1 atom stereocenters. The van der Waals surface area contributed by atoms with Crippen molar-refractivity contribution >= 4 is 28.0 Å². The predicted molar refractivity (Wildman–Crippen MR) is 123 cm³/mol. The number of carboxylic acids is 1. The molecule has 1 aromatic carbocycles. The van der Waals surface area contributed by atoms with Crippen molar-refractivity contribution in [1.82, 2.24) is 0 Å². The zero-order valence-corrected chi connectivity index (χ0v) is 19.8. The SMILES string of the molecule is COCCN(C)c1ccc(C(O)Nc2sc3c(c2C(=O)O)CC(C)(C)OC3(C)C)cc1. The van der Waals surface area contributed by atoms with Gasteiger partial charge in [-0.25, -0.2) is 4.79 Å². The van der Waals surface area contributed by atoms with Gasteiger partial charge in [0.15, 0.2) is 6.23 Å². The Morgan fingerprint density at radius 1 is 1.29 bits per heavy atom. The molecule has 3 N–H and O–H groups in total. The molecule has 8 heteroatoms. The number of benzene rings is 1. The van der Waals surface area contributed by atoms with Crippen LogP contribution in [0.5, 0.6) is 0 Å². The highest BCUT2D eigenvalue weighted by Gasteiger charge is 2.43. The lowest BCUT2D eigenvalue weighted by atomic mass is 9.86. The topological polar surface area (TPSA) is 91.3 Å². The Morgan fingerprint density at radius 2 is 1.94 bits per heavy atom. The maximum absolute atomic E-state index is 12.1. The molecule has 1 aromatic heterocycles. The number of anilines is 2. The van der Waals surface area contributed by atoms with Crippen LogP contribution in [0.1, 0.15) is 60.3 Å². The molecule has 0 amide bonds. The Bertz CT molecular complexity index is 936. The summed E-state index contributed by atoms with van der Waals surface area (Å²) in [6.07, 6.45) is -0.530. The number of hydrogen-bond acceptors (Lipinski definition) is 7. The lowest BCUT2D eigenvalue weighted by molar-refractivity contribution is -0.135. The number of likely N-dealkylation sites (N-methyl/N-ethyl adjacent to an activating group) is 1. The third-order valence-corrected chi connectivity index (χ3v) is 6.92. The molecule has 1 unspecified atom stereocenters. The molecule has 170 valence electrons. The smallest absolute Gasteiger partial charge is 0.338 e. The quantitative estimate of drug-likeness (QED) is 0.521. The number of fused-ring (bicyclic) bond motifs is 1. The first-order valence-electron chi connectivity index (χ1n) is 10.3. The van der Waals surface area contributed by atoms with E-state index in [2.05, 4.69) is 10.2 Å². The minimum atomic E-state index is -1.03. The number of hydrogen-bond donors (Lipinski definition) is 3. The number of aliphatic hydroxyl groups is 1. The van der Waals surface area contributed by atoms with Crippen LogP contribution in [0.3, 0.4) is 0 Å². The summed E-state index contributed by atoms with van der Waals surface area (Å²) in [7, 11) is 3.64. The maximum Gasteiger partial charge on any atom is 0.338 e. The van der Waals surface area contributed by atoms with Gasteiger partial charge in [0, 0.05) is 43.3 Å². The molecular formula is C23H32N2O5S. The van der Waals surface area contributed by atoms with Gasteiger partial charge < -0.3 is 29.9 Å². The van der Waals surface area contributed by atoms with E-state index >= 15 is 0 Å². The Balaban J connectivity index is 1.86. The second-order valence-electron chi connectivity index (χ2n) is 9.02. The van der Waals surface area contributed by atoms with Crippen LogP contribution in [0.15, 0.2) is 24.3 Å². The molecule has 0 saturated heterocycles. The third-order valence-electron chi connectivity index (χ3n) is 5.45. The number of nitrogens with one attached hydrogen (secondary N) is 1. The fourth-order valence-electron chi connectivity index (χ4n) is 4.12. The van der Waals surface area contributed by atoms with Gasteiger partial charge in [0.25, 0.3) is 0 Å². The molecule has 7 nitrogen and oxygen atoms in total. The summed E-state index contributed by atoms with van der Waals surface area (Å²) in [5, 5.41) is 24.2. The Morgan fingerprint density at radius 3 is 2.52 bits per heavy atom. The highest BCUT2D eigenvalue weighted by Crippen LogP contribution is 2.48. The summed E-state index contributed by atoms with van der Waals surface area (Å²) in [6.45, 7) is 9.22. The number of nitrogens with zero attached hydrogens (tertiary/aromatic N) is 1. The lowest BCUT2D eigenvalue weighted by Crippen LogP contribution is -2.41. The molecule has 2 aromatic rings. The molecule has 2 heterocycles. The summed E-state index contributed by atoms with van der Waals surface area (Å²) in [5.74, 6) is -1.00. The second kappa shape index (κ2) is 8.78. The fourth-order valence-corrected chi connectivity index (χ4v) is 5.39. The normalized spacial score (nSPS) is 17.6. The van der Waals surface area contributed by atoms with Crippen molar-refractivity contribution in [2.45, 2.75) is 51.5 Å². The van der Waals surface area contributed by atoms with Gasteiger partial charge in [0.2, 0.25) is 0 Å². The zero-order valence-electron chi connectivity index (χ0n) is 19.0. The van der Waals surface area contributed by atoms with Crippen LogP contribution in [-0.4, -0.2) is 49.1 Å². The highest BCUT2D eigenvalue weighted by atomic mass is 32.1. The first kappa shape index (κ1) is 23.5. The van der Waals surface area contributed by atoms with E-state index in [4.69, 9.17) is 9.47 Å². The van der Waals surface area contributed by atoms with Gasteiger partial charge >= 0.3 is 5.97 Å². The van der Waals surface area contributed by atoms with E-state index in [0.29, 0.717) is 23.6 Å². The summed E-state index contributed by atoms with van der Waals surface area (Å²) in [4.78, 5) is 15.1. The van der Waals surface area contributed by atoms with Crippen LogP contribution >= 0.6 is 11.3 Å². The van der Waals surface area contributed by atoms with Crippen LogP contribution in [0.4, 0.5) is 10.7 Å². The number of carbonyl (C=O) groups is 1. The van der Waals surface area contributed by atoms with Gasteiger partial charge in [-0.15, -0.1) is 11.3 Å². The van der Waals surface area contributed by atoms with Crippen molar-refractivity contribution in [2.75, 3.05) is 37.5 Å². The van der Waals surface area contributed by atoms with Crippen LogP contribution < -0.4 is 10.2 Å². The van der Waals surface area contributed by atoms with Crippen molar-refractivity contribution < 1.29 is 24.5 Å². The molecule has 1 aliphatic rings. The number of thiophene rings is 1. The van der Waals surface area contributed by atoms with Crippen LogP contribution in [0.25, 0.3) is 0 Å². The number of rotatable bonds is 8. The van der Waals surface area contributed by atoms with Gasteiger partial charge in [-0.3, -0.25) is 0 Å². The monoisotopic (exact) mass is 448 g/mol. The minimum absolute atomic E-state index is 0.222. The Kier molecular flexibility index (Phi) is 6.67. The van der Waals surface area contributed by atoms with E-state index in [9.17, 15) is 15.0 Å². The number of methoxy groups -OCH3 is 1. The lowest BCUT2D eigenvalue weighted by Gasteiger charge is -2.41. The molecular weight excluding hydrogens is 416 g/mol. The van der Waals surface area contributed by atoms with Gasteiger partial charge in [-0.1, -0.05) is 12.1 Å². The van der Waals surface area contributed by atoms with Gasteiger partial charge in [0.05, 0.1) is 23.4 Å². The van der Waals surface area contributed by atoms with Crippen molar-refractivity contribution in [1.29, 1.82) is 0 Å². The summed E-state index contributed by atoms with van der Waals surface area (Å²) < 4.78 is 11.3. The molecule has 0 saturated carbocycles. The van der Waals surface area contributed by atoms with Crippen molar-refractivity contribution in [3.8, 4) is 0 Å². The summed E-state index contributed by atoms with van der Waals surface area (Å²) in [5.41, 5.74) is 1.59. The first-order chi connectivity index (χ1) is 14.4. The van der Waals surface area contributed by atoms with Crippen molar-refractivity contribution in [3.63, 3.8) is 0 Å². The molecule has 0 spiro atoms. The maximum atomic E-state index is 12.1. The largest absolute Gasteiger partial charge is 0.478 e. The number of aromatic carboxylic acids is 1. The van der Waals surface area contributed by atoms with Crippen LogP contribution in [-0.2, 0) is 21.5 Å². The Hall–Kier alpha value is -2.13. The number of aliphatic hydroxyl groups excluding tert-OH is 1. The molecule has 0 radical (unpaired) electrons. The second-order valence-corrected chi connectivity index (χ2v) is 10.0.